The normalized spacial score (nSPS) is 13.4. The molecule has 1 aliphatic rings. The van der Waals surface area contributed by atoms with E-state index in [0.717, 1.165) is 12.8 Å². The topological polar surface area (TPSA) is 66.9 Å². The van der Waals surface area contributed by atoms with E-state index < -0.39 is 5.97 Å². The van der Waals surface area contributed by atoms with Crippen molar-refractivity contribution in [3.05, 3.63) is 23.7 Å². The highest BCUT2D eigenvalue weighted by atomic mass is 16.6. The third kappa shape index (κ3) is 9.53. The fourth-order valence-electron chi connectivity index (χ4n) is 2.75. The molecule has 24 heavy (non-hydrogen) atoms. The van der Waals surface area contributed by atoms with Crippen LogP contribution in [0.4, 0.5) is 0 Å². The van der Waals surface area contributed by atoms with Crippen molar-refractivity contribution in [2.45, 2.75) is 90.4 Å². The number of carbonyl (C=O) groups excluding carboxylic acids is 1. The monoisotopic (exact) mass is 336 g/mol. The van der Waals surface area contributed by atoms with Gasteiger partial charge in [0.25, 0.3) is 5.76 Å². The first-order valence-electron chi connectivity index (χ1n) is 9.53. The summed E-state index contributed by atoms with van der Waals surface area (Å²) in [6.07, 6.45) is 19.9. The van der Waals surface area contributed by atoms with Crippen LogP contribution >= 0.6 is 0 Å². The third-order valence-electron chi connectivity index (χ3n) is 4.28. The van der Waals surface area contributed by atoms with Gasteiger partial charge in [0.2, 0.25) is 11.5 Å². The van der Waals surface area contributed by atoms with Crippen LogP contribution < -0.4 is 0 Å². The fourth-order valence-corrected chi connectivity index (χ4v) is 2.75. The second kappa shape index (κ2) is 12.8. The number of allylic oxidation sites excluding steroid dienone is 2. The molecule has 0 saturated carbocycles. The summed E-state index contributed by atoms with van der Waals surface area (Å²) >= 11 is 0. The average molecular weight is 336 g/mol. The maximum atomic E-state index is 11.5. The first-order valence-corrected chi connectivity index (χ1v) is 9.53. The van der Waals surface area contributed by atoms with E-state index in [1.807, 2.05) is 6.08 Å². The van der Waals surface area contributed by atoms with Crippen molar-refractivity contribution in [2.24, 2.45) is 0 Å². The largest absolute Gasteiger partial charge is 0.475 e. The van der Waals surface area contributed by atoms with Crippen LogP contribution in [0, 0.1) is 0 Å². The van der Waals surface area contributed by atoms with E-state index in [-0.39, 0.29) is 17.3 Å². The second-order valence-electron chi connectivity index (χ2n) is 6.51. The van der Waals surface area contributed by atoms with Crippen LogP contribution in [-0.2, 0) is 14.3 Å². The Morgan fingerprint density at radius 1 is 0.833 bits per heavy atom. The molecule has 4 nitrogen and oxygen atoms in total. The van der Waals surface area contributed by atoms with Crippen LogP contribution in [-0.4, -0.2) is 16.9 Å². The Hall–Kier alpha value is -1.58. The van der Waals surface area contributed by atoms with Gasteiger partial charge in [-0.3, -0.25) is 4.79 Å². The van der Waals surface area contributed by atoms with Crippen molar-refractivity contribution in [3.8, 4) is 0 Å². The lowest BCUT2D eigenvalue weighted by Gasteiger charge is -2.02. The third-order valence-corrected chi connectivity index (χ3v) is 4.28. The molecular weight excluding hydrogens is 304 g/mol. The number of unbranched alkanes of at least 4 members (excludes halogenated alkanes) is 12. The van der Waals surface area contributed by atoms with Crippen LogP contribution in [0.2, 0.25) is 0 Å². The predicted octanol–water partition coefficient (Wildman–Crippen LogP) is 5.53. The number of carboxylic acids is 1. The molecule has 0 fully saturated rings. The lowest BCUT2D eigenvalue weighted by Crippen LogP contribution is -1.91. The summed E-state index contributed by atoms with van der Waals surface area (Å²) in [5.74, 6) is -1.75. The summed E-state index contributed by atoms with van der Waals surface area (Å²) < 4.78 is 4.64. The molecule has 0 saturated heterocycles. The minimum Gasteiger partial charge on any atom is -0.475 e. The van der Waals surface area contributed by atoms with Gasteiger partial charge in [-0.25, -0.2) is 4.79 Å². The lowest BCUT2D eigenvalue weighted by molar-refractivity contribution is -0.133. The quantitative estimate of drug-likeness (QED) is 0.297. The summed E-state index contributed by atoms with van der Waals surface area (Å²) in [5, 5.41) is 8.61. The van der Waals surface area contributed by atoms with Gasteiger partial charge in [0.05, 0.1) is 0 Å². The molecule has 0 aromatic rings. The molecule has 0 spiro atoms. The maximum absolute atomic E-state index is 11.5. The van der Waals surface area contributed by atoms with E-state index in [0.29, 0.717) is 0 Å². The zero-order valence-corrected chi connectivity index (χ0v) is 15.0. The highest BCUT2D eigenvalue weighted by Crippen LogP contribution is 2.27. The van der Waals surface area contributed by atoms with Crippen molar-refractivity contribution in [3.63, 3.8) is 0 Å². The van der Waals surface area contributed by atoms with E-state index in [1.54, 1.807) is 0 Å². The molecule has 1 rings (SSSR count). The molecule has 1 N–H and O–H groups in total. The van der Waals surface area contributed by atoms with E-state index in [4.69, 9.17) is 5.11 Å². The Morgan fingerprint density at radius 2 is 1.33 bits per heavy atom. The molecule has 1 heterocycles. The molecule has 0 bridgehead atoms. The van der Waals surface area contributed by atoms with Crippen molar-refractivity contribution < 1.29 is 19.4 Å². The highest BCUT2D eigenvalue weighted by molar-refractivity contribution is 6.11. The van der Waals surface area contributed by atoms with Gasteiger partial charge in [-0.1, -0.05) is 83.6 Å². The van der Waals surface area contributed by atoms with Crippen LogP contribution in [0.5, 0.6) is 0 Å². The smallest absolute Gasteiger partial charge is 0.375 e. The summed E-state index contributed by atoms with van der Waals surface area (Å²) in [5.41, 5.74) is 0. The Morgan fingerprint density at radius 3 is 1.79 bits per heavy atom. The van der Waals surface area contributed by atoms with Gasteiger partial charge in [-0.05, 0) is 18.9 Å². The number of hydrogen-bond donors (Lipinski definition) is 1. The van der Waals surface area contributed by atoms with Gasteiger partial charge in [-0.15, -0.1) is 0 Å². The van der Waals surface area contributed by atoms with Gasteiger partial charge in [0, 0.05) is 0 Å². The van der Waals surface area contributed by atoms with Crippen LogP contribution in [0.3, 0.4) is 0 Å². The molecule has 0 aliphatic carbocycles. The molecule has 4 heteroatoms. The number of carboxylic acid groups (broad SMARTS) is 1. The Labute approximate surface area is 146 Å². The number of hydrogen-bond acceptors (Lipinski definition) is 3. The Balaban J connectivity index is 1.85. The minimum absolute atomic E-state index is 0.0200. The van der Waals surface area contributed by atoms with Gasteiger partial charge < -0.3 is 9.84 Å². The molecule has 0 atom stereocenters. The summed E-state index contributed by atoms with van der Waals surface area (Å²) in [7, 11) is 0. The molecule has 0 aromatic carbocycles. The number of rotatable bonds is 16. The van der Waals surface area contributed by atoms with E-state index in [1.165, 1.54) is 76.7 Å². The minimum atomic E-state index is -1.17. The predicted molar refractivity (Wildman–Crippen MR) is 95.6 cm³/mol. The zero-order chi connectivity index (χ0) is 17.6. The molecule has 136 valence electrons. The van der Waals surface area contributed by atoms with E-state index >= 15 is 0 Å². The highest BCUT2D eigenvalue weighted by Gasteiger charge is 2.36. The first kappa shape index (κ1) is 20.5. The van der Waals surface area contributed by atoms with Gasteiger partial charge in [0.1, 0.15) is 0 Å². The zero-order valence-electron chi connectivity index (χ0n) is 15.0. The maximum Gasteiger partial charge on any atom is 0.375 e. The molecule has 0 aromatic heterocycles. The average Bonchev–Trinajstić information content (AvgIpc) is 3.36. The van der Waals surface area contributed by atoms with Gasteiger partial charge in [0.15, 0.2) is 0 Å². The molecule has 1 aliphatic heterocycles. The number of ketones is 1. The standard InChI is InChI=1S/C20H32O4/c1-2-3-4-5-6-7-8-9-10-11-12-13-14-15-16-17(21)18-19(24-18)20(22)23/h15-16H,2-14H2,1H3,(H,22,23). The fraction of sp³-hybridized carbons (Fsp3) is 0.700. The summed E-state index contributed by atoms with van der Waals surface area (Å²) in [6, 6.07) is 0. The Kier molecular flexibility index (Phi) is 10.9. The summed E-state index contributed by atoms with van der Waals surface area (Å²) in [4.78, 5) is 22.0. The first-order chi connectivity index (χ1) is 11.7. The van der Waals surface area contributed by atoms with Crippen LogP contribution in [0.15, 0.2) is 23.7 Å². The van der Waals surface area contributed by atoms with Crippen molar-refractivity contribution in [2.75, 3.05) is 0 Å². The molecule has 0 unspecified atom stereocenters. The van der Waals surface area contributed by atoms with Crippen LogP contribution in [0.25, 0.3) is 0 Å². The molecule has 0 radical (unpaired) electrons. The van der Waals surface area contributed by atoms with Crippen molar-refractivity contribution in [1.82, 2.24) is 0 Å². The van der Waals surface area contributed by atoms with E-state index in [9.17, 15) is 9.59 Å². The van der Waals surface area contributed by atoms with Crippen LogP contribution in [0.1, 0.15) is 90.4 Å². The summed E-state index contributed by atoms with van der Waals surface area (Å²) in [6.45, 7) is 2.25. The van der Waals surface area contributed by atoms with E-state index in [2.05, 4.69) is 11.7 Å². The number of aliphatic carboxylic acids is 1. The number of ether oxygens (including phenoxy) is 1. The second-order valence-corrected chi connectivity index (χ2v) is 6.51. The number of carbonyl (C=O) groups is 2. The van der Waals surface area contributed by atoms with Gasteiger partial charge >= 0.3 is 5.97 Å². The van der Waals surface area contributed by atoms with Crippen molar-refractivity contribution in [1.29, 1.82) is 0 Å². The van der Waals surface area contributed by atoms with Gasteiger partial charge in [-0.2, -0.15) is 0 Å². The molecule has 0 amide bonds. The SMILES string of the molecule is CCCCCCCCCCCCCCC=CC(=O)C1=C(C(=O)O)O1. The van der Waals surface area contributed by atoms with Crippen molar-refractivity contribution >= 4 is 11.8 Å². The Bertz CT molecular complexity index is 449. The lowest BCUT2D eigenvalue weighted by atomic mass is 10.0. The molecular formula is C20H32O4.